The molecule has 0 aliphatic carbocycles. The van der Waals surface area contributed by atoms with E-state index in [0.717, 1.165) is 11.4 Å². The molecule has 1 heterocycles. The summed E-state index contributed by atoms with van der Waals surface area (Å²) in [4.78, 5) is 12.0. The van der Waals surface area contributed by atoms with Crippen molar-refractivity contribution >= 4 is 23.4 Å². The van der Waals surface area contributed by atoms with Crippen molar-refractivity contribution in [3.8, 4) is 0 Å². The molecule has 0 amide bonds. The number of carboxylic acid groups (broad SMARTS) is 1. The van der Waals surface area contributed by atoms with Gasteiger partial charge in [-0.15, -0.1) is 11.8 Å². The smallest absolute Gasteiger partial charge is 0.305 e. The molecule has 1 aliphatic heterocycles. The molecular formula is C13H17NO2S. The molecule has 92 valence electrons. The summed E-state index contributed by atoms with van der Waals surface area (Å²) in [5.41, 5.74) is 2.40. The number of aliphatic carboxylic acids is 1. The van der Waals surface area contributed by atoms with Gasteiger partial charge in [-0.25, -0.2) is 0 Å². The Morgan fingerprint density at radius 2 is 2.35 bits per heavy atom. The second-order valence-corrected chi connectivity index (χ2v) is 5.69. The van der Waals surface area contributed by atoms with Crippen LogP contribution in [0.4, 0.5) is 5.69 Å². The number of carboxylic acids is 1. The first-order valence-electron chi connectivity index (χ1n) is 5.82. The molecule has 1 aliphatic rings. The summed E-state index contributed by atoms with van der Waals surface area (Å²) in [5.74, 6) is 0.524. The Labute approximate surface area is 106 Å². The first-order chi connectivity index (χ1) is 8.08. The average Bonchev–Trinajstić information content (AvgIpc) is 2.27. The lowest BCUT2D eigenvalue weighted by molar-refractivity contribution is -0.137. The van der Waals surface area contributed by atoms with E-state index >= 15 is 0 Å². The van der Waals surface area contributed by atoms with E-state index in [1.165, 1.54) is 10.5 Å². The highest BCUT2D eigenvalue weighted by molar-refractivity contribution is 7.99. The van der Waals surface area contributed by atoms with Crippen LogP contribution in [0.1, 0.15) is 31.7 Å². The fraction of sp³-hybridized carbons (Fsp3) is 0.462. The predicted octanol–water partition coefficient (Wildman–Crippen LogP) is 3.17. The van der Waals surface area contributed by atoms with Crippen molar-refractivity contribution in [2.75, 3.05) is 11.1 Å². The summed E-state index contributed by atoms with van der Waals surface area (Å²) in [6, 6.07) is 6.31. The predicted molar refractivity (Wildman–Crippen MR) is 70.9 cm³/mol. The summed E-state index contributed by atoms with van der Waals surface area (Å²) in [6.07, 6.45) is 0.179. The largest absolute Gasteiger partial charge is 0.481 e. The maximum Gasteiger partial charge on any atom is 0.305 e. The molecule has 3 nitrogen and oxygen atoms in total. The van der Waals surface area contributed by atoms with Crippen LogP contribution < -0.4 is 5.32 Å². The van der Waals surface area contributed by atoms with Crippen molar-refractivity contribution in [2.45, 2.75) is 37.1 Å². The number of para-hydroxylation sites is 1. The normalized spacial score (nSPS) is 18.6. The molecule has 0 bridgehead atoms. The molecule has 1 aromatic rings. The standard InChI is InChI=1S/C13H17NO2S/c1-8(2)10-4-3-5-11-13(10)14-9(7-17-11)6-12(15)16/h3-5,8-9,14H,6-7H2,1-2H3,(H,15,16). The van der Waals surface area contributed by atoms with Crippen molar-refractivity contribution in [1.82, 2.24) is 0 Å². The molecular weight excluding hydrogens is 234 g/mol. The third-order valence-corrected chi connectivity index (χ3v) is 4.11. The average molecular weight is 251 g/mol. The molecule has 0 fully saturated rings. The van der Waals surface area contributed by atoms with Gasteiger partial charge in [0, 0.05) is 16.7 Å². The van der Waals surface area contributed by atoms with Crippen LogP contribution in [0.25, 0.3) is 0 Å². The number of nitrogens with one attached hydrogen (secondary N) is 1. The van der Waals surface area contributed by atoms with Crippen LogP contribution in [0.5, 0.6) is 0 Å². The lowest BCUT2D eigenvalue weighted by Gasteiger charge is -2.28. The molecule has 0 radical (unpaired) electrons. The van der Waals surface area contributed by atoms with E-state index in [9.17, 15) is 4.79 Å². The summed E-state index contributed by atoms with van der Waals surface area (Å²) < 4.78 is 0. The lowest BCUT2D eigenvalue weighted by atomic mass is 10.0. The Hall–Kier alpha value is -1.16. The molecule has 1 aromatic carbocycles. The highest BCUT2D eigenvalue weighted by Crippen LogP contribution is 2.38. The van der Waals surface area contributed by atoms with Crippen LogP contribution in [-0.4, -0.2) is 22.9 Å². The monoisotopic (exact) mass is 251 g/mol. The number of thioether (sulfide) groups is 1. The zero-order valence-corrected chi connectivity index (χ0v) is 10.9. The maximum absolute atomic E-state index is 10.7. The van der Waals surface area contributed by atoms with Gasteiger partial charge in [0.2, 0.25) is 0 Å². The Morgan fingerprint density at radius 1 is 1.59 bits per heavy atom. The van der Waals surface area contributed by atoms with Gasteiger partial charge in [0.05, 0.1) is 12.1 Å². The molecule has 0 aromatic heterocycles. The molecule has 1 atom stereocenters. The van der Waals surface area contributed by atoms with E-state index in [-0.39, 0.29) is 12.5 Å². The summed E-state index contributed by atoms with van der Waals surface area (Å²) >= 11 is 1.74. The van der Waals surface area contributed by atoms with Crippen LogP contribution in [0.15, 0.2) is 23.1 Å². The van der Waals surface area contributed by atoms with Crippen molar-refractivity contribution in [2.24, 2.45) is 0 Å². The lowest BCUT2D eigenvalue weighted by Crippen LogP contribution is -2.29. The zero-order chi connectivity index (χ0) is 12.4. The van der Waals surface area contributed by atoms with Gasteiger partial charge < -0.3 is 10.4 Å². The van der Waals surface area contributed by atoms with Crippen molar-refractivity contribution in [3.63, 3.8) is 0 Å². The van der Waals surface area contributed by atoms with E-state index in [1.807, 2.05) is 0 Å². The highest BCUT2D eigenvalue weighted by atomic mass is 32.2. The molecule has 17 heavy (non-hydrogen) atoms. The number of rotatable bonds is 3. The van der Waals surface area contributed by atoms with Gasteiger partial charge in [0.25, 0.3) is 0 Å². The second kappa shape index (κ2) is 5.00. The number of hydrogen-bond acceptors (Lipinski definition) is 3. The maximum atomic E-state index is 10.7. The van der Waals surface area contributed by atoms with E-state index < -0.39 is 5.97 Å². The first kappa shape index (κ1) is 12.3. The highest BCUT2D eigenvalue weighted by Gasteiger charge is 2.23. The minimum absolute atomic E-state index is 0.0323. The molecule has 0 spiro atoms. The fourth-order valence-corrected chi connectivity index (χ4v) is 3.14. The van der Waals surface area contributed by atoms with Crippen molar-refractivity contribution in [3.05, 3.63) is 23.8 Å². The van der Waals surface area contributed by atoms with Crippen molar-refractivity contribution in [1.29, 1.82) is 0 Å². The van der Waals surface area contributed by atoms with Gasteiger partial charge >= 0.3 is 5.97 Å². The molecule has 4 heteroatoms. The van der Waals surface area contributed by atoms with Crippen LogP contribution >= 0.6 is 11.8 Å². The minimum Gasteiger partial charge on any atom is -0.481 e. The molecule has 2 N–H and O–H groups in total. The van der Waals surface area contributed by atoms with E-state index in [1.54, 1.807) is 11.8 Å². The van der Waals surface area contributed by atoms with Gasteiger partial charge in [-0.2, -0.15) is 0 Å². The van der Waals surface area contributed by atoms with Gasteiger partial charge in [0.15, 0.2) is 0 Å². The molecule has 0 saturated heterocycles. The number of benzene rings is 1. The third kappa shape index (κ3) is 2.75. The van der Waals surface area contributed by atoms with E-state index in [0.29, 0.717) is 5.92 Å². The number of fused-ring (bicyclic) bond motifs is 1. The van der Waals surface area contributed by atoms with Gasteiger partial charge in [-0.3, -0.25) is 4.79 Å². The van der Waals surface area contributed by atoms with Gasteiger partial charge in [-0.05, 0) is 17.5 Å². The van der Waals surface area contributed by atoms with Crippen LogP contribution in [0, 0.1) is 0 Å². The number of carbonyl (C=O) groups is 1. The Bertz CT molecular complexity index is 431. The van der Waals surface area contributed by atoms with E-state index in [4.69, 9.17) is 5.11 Å². The quantitative estimate of drug-likeness (QED) is 0.866. The molecule has 2 rings (SSSR count). The van der Waals surface area contributed by atoms with Crippen LogP contribution in [0.3, 0.4) is 0 Å². The van der Waals surface area contributed by atoms with Crippen LogP contribution in [-0.2, 0) is 4.79 Å². The summed E-state index contributed by atoms with van der Waals surface area (Å²) in [5, 5.41) is 12.2. The van der Waals surface area contributed by atoms with Crippen molar-refractivity contribution < 1.29 is 9.90 Å². The fourth-order valence-electron chi connectivity index (χ4n) is 2.06. The van der Waals surface area contributed by atoms with Gasteiger partial charge in [0.1, 0.15) is 0 Å². The van der Waals surface area contributed by atoms with E-state index in [2.05, 4.69) is 37.4 Å². The minimum atomic E-state index is -0.742. The van der Waals surface area contributed by atoms with Crippen LogP contribution in [0.2, 0.25) is 0 Å². The Morgan fingerprint density at radius 3 is 3.00 bits per heavy atom. The Balaban J connectivity index is 2.25. The first-order valence-corrected chi connectivity index (χ1v) is 6.80. The second-order valence-electron chi connectivity index (χ2n) is 4.63. The zero-order valence-electron chi connectivity index (χ0n) is 10.1. The summed E-state index contributed by atoms with van der Waals surface area (Å²) in [7, 11) is 0. The SMILES string of the molecule is CC(C)c1cccc2c1NC(CC(=O)O)CS2. The molecule has 0 saturated carbocycles. The third-order valence-electron chi connectivity index (χ3n) is 2.89. The molecule has 1 unspecified atom stereocenters. The number of anilines is 1. The Kier molecular flexibility index (Phi) is 3.62. The van der Waals surface area contributed by atoms with Gasteiger partial charge in [-0.1, -0.05) is 26.0 Å². The summed E-state index contributed by atoms with van der Waals surface area (Å²) in [6.45, 7) is 4.31. The number of hydrogen-bond donors (Lipinski definition) is 2. The topological polar surface area (TPSA) is 49.3 Å².